The lowest BCUT2D eigenvalue weighted by Crippen LogP contribution is -2.30. The molecule has 0 bridgehead atoms. The summed E-state index contributed by atoms with van der Waals surface area (Å²) in [4.78, 5) is 5.01. The van der Waals surface area contributed by atoms with Crippen LogP contribution in [0, 0.1) is 6.92 Å². The first-order valence-corrected chi connectivity index (χ1v) is 13.7. The number of aromatic nitrogens is 3. The van der Waals surface area contributed by atoms with Crippen molar-refractivity contribution in [1.29, 1.82) is 0 Å². The molecular formula is C34H32N3O+. The number of oxazole rings is 1. The Balaban J connectivity index is 1.45. The van der Waals surface area contributed by atoms with Crippen molar-refractivity contribution in [3.63, 3.8) is 0 Å². The van der Waals surface area contributed by atoms with Gasteiger partial charge in [-0.3, -0.25) is 0 Å². The van der Waals surface area contributed by atoms with Crippen LogP contribution in [0.4, 0.5) is 0 Å². The van der Waals surface area contributed by atoms with Crippen molar-refractivity contribution in [3.8, 4) is 28.2 Å². The minimum Gasteiger partial charge on any atom is -0.439 e. The maximum absolute atomic E-state index is 6.65. The van der Waals surface area contributed by atoms with E-state index in [0.29, 0.717) is 5.92 Å². The Morgan fingerprint density at radius 1 is 0.789 bits per heavy atom. The number of fused-ring (bicyclic) bond motifs is 2. The number of para-hydroxylation sites is 2. The third kappa shape index (κ3) is 3.75. The van der Waals surface area contributed by atoms with Gasteiger partial charge in [-0.25, -0.2) is 9.55 Å². The van der Waals surface area contributed by atoms with Gasteiger partial charge in [-0.05, 0) is 66.8 Å². The Bertz CT molecular complexity index is 1750. The zero-order valence-electron chi connectivity index (χ0n) is 22.0. The molecule has 0 amide bonds. The molecular weight excluding hydrogens is 466 g/mol. The Labute approximate surface area is 223 Å². The van der Waals surface area contributed by atoms with Crippen LogP contribution in [0.3, 0.4) is 0 Å². The molecule has 188 valence electrons. The monoisotopic (exact) mass is 498 g/mol. The number of hydrogen-bond acceptors (Lipinski definition) is 2. The second-order valence-corrected chi connectivity index (χ2v) is 10.6. The van der Waals surface area contributed by atoms with E-state index < -0.39 is 0 Å². The zero-order valence-corrected chi connectivity index (χ0v) is 22.0. The minimum absolute atomic E-state index is 0.425. The van der Waals surface area contributed by atoms with E-state index in [4.69, 9.17) is 9.40 Å². The second-order valence-electron chi connectivity index (χ2n) is 10.6. The van der Waals surface area contributed by atoms with E-state index >= 15 is 0 Å². The van der Waals surface area contributed by atoms with Crippen LogP contribution in [0.1, 0.15) is 49.5 Å². The quantitative estimate of drug-likeness (QED) is 0.229. The average Bonchev–Trinajstić information content (AvgIpc) is 3.54. The van der Waals surface area contributed by atoms with E-state index in [1.165, 1.54) is 59.8 Å². The summed E-state index contributed by atoms with van der Waals surface area (Å²) < 4.78 is 11.3. The summed E-state index contributed by atoms with van der Waals surface area (Å²) in [6.07, 6.45) is 6.18. The summed E-state index contributed by atoms with van der Waals surface area (Å²) in [7, 11) is 2.16. The van der Waals surface area contributed by atoms with Crippen molar-refractivity contribution in [1.82, 2.24) is 9.55 Å². The Hall–Kier alpha value is -4.18. The summed E-state index contributed by atoms with van der Waals surface area (Å²) in [6.45, 7) is 2.18. The van der Waals surface area contributed by atoms with Crippen molar-refractivity contribution in [2.45, 2.75) is 44.9 Å². The first-order chi connectivity index (χ1) is 18.7. The van der Waals surface area contributed by atoms with Gasteiger partial charge in [0.05, 0.1) is 7.05 Å². The number of benzene rings is 4. The molecule has 2 heterocycles. The third-order valence-corrected chi connectivity index (χ3v) is 8.21. The molecule has 1 fully saturated rings. The maximum atomic E-state index is 6.65. The largest absolute Gasteiger partial charge is 0.439 e. The van der Waals surface area contributed by atoms with Crippen LogP contribution in [0.15, 0.2) is 95.4 Å². The third-order valence-electron chi connectivity index (χ3n) is 8.21. The predicted molar refractivity (Wildman–Crippen MR) is 153 cm³/mol. The van der Waals surface area contributed by atoms with E-state index in [0.717, 1.165) is 34.1 Å². The fourth-order valence-corrected chi connectivity index (χ4v) is 6.20. The average molecular weight is 499 g/mol. The lowest BCUT2D eigenvalue weighted by Gasteiger charge is -2.17. The number of hydrogen-bond donors (Lipinski definition) is 0. The van der Waals surface area contributed by atoms with Crippen LogP contribution in [0.2, 0.25) is 0 Å². The first-order valence-electron chi connectivity index (χ1n) is 13.7. The summed E-state index contributed by atoms with van der Waals surface area (Å²) in [5.74, 6) is 2.44. The Morgan fingerprint density at radius 3 is 2.29 bits per heavy atom. The number of rotatable bonds is 4. The van der Waals surface area contributed by atoms with E-state index in [1.807, 2.05) is 0 Å². The summed E-state index contributed by atoms with van der Waals surface area (Å²) in [5, 5.41) is 0. The van der Waals surface area contributed by atoms with Gasteiger partial charge in [0.15, 0.2) is 22.5 Å². The zero-order chi connectivity index (χ0) is 25.6. The second kappa shape index (κ2) is 9.29. The van der Waals surface area contributed by atoms with Crippen LogP contribution in [0.5, 0.6) is 0 Å². The molecule has 0 spiro atoms. The van der Waals surface area contributed by atoms with Crippen molar-refractivity contribution < 1.29 is 8.98 Å². The van der Waals surface area contributed by atoms with Crippen molar-refractivity contribution in [2.24, 2.45) is 7.05 Å². The molecule has 38 heavy (non-hydrogen) atoms. The molecule has 4 aromatic carbocycles. The Morgan fingerprint density at radius 2 is 1.50 bits per heavy atom. The van der Waals surface area contributed by atoms with Gasteiger partial charge in [-0.15, -0.1) is 0 Å². The van der Waals surface area contributed by atoms with Crippen LogP contribution in [0.25, 0.3) is 50.3 Å². The first kappa shape index (κ1) is 23.0. The maximum Gasteiger partial charge on any atom is 0.299 e. The van der Waals surface area contributed by atoms with E-state index in [9.17, 15) is 0 Å². The lowest BCUT2D eigenvalue weighted by molar-refractivity contribution is -0.633. The molecule has 0 atom stereocenters. The Kier molecular flexibility index (Phi) is 5.61. The summed E-state index contributed by atoms with van der Waals surface area (Å²) >= 11 is 0. The minimum atomic E-state index is 0.425. The highest BCUT2D eigenvalue weighted by Gasteiger charge is 2.31. The molecule has 4 nitrogen and oxygen atoms in total. The standard InChI is InChI=1S/C34H32N3O/c1-23-17-22-28-32(38-33(35-28)26-13-7-4-8-14-26)31(23)34-36(2)29-15-9-10-16-30(29)37(34)27-20-18-25(19-21-27)24-11-5-3-6-12-24/h3,5-6,9-12,15-22,26H,4,7-8,13-14H2,1-2H3/q+1. The number of nitrogens with zero attached hydrogens (tertiary/aromatic N) is 3. The molecule has 0 unspecified atom stereocenters. The lowest BCUT2D eigenvalue weighted by atomic mass is 9.89. The summed E-state index contributed by atoms with van der Waals surface area (Å²) in [6, 6.07) is 32.3. The normalized spacial score (nSPS) is 14.5. The van der Waals surface area contributed by atoms with Crippen molar-refractivity contribution >= 4 is 22.1 Å². The molecule has 0 saturated heterocycles. The van der Waals surface area contributed by atoms with Gasteiger partial charge in [0.2, 0.25) is 0 Å². The molecule has 7 rings (SSSR count). The SMILES string of the molecule is Cc1ccc2nc(C3CCCCC3)oc2c1-c1n(-c2ccc(-c3ccccc3)cc2)c2ccccc2[n+]1C. The highest BCUT2D eigenvalue weighted by atomic mass is 16.3. The van der Waals surface area contributed by atoms with Gasteiger partial charge < -0.3 is 4.42 Å². The van der Waals surface area contributed by atoms with Crippen LogP contribution >= 0.6 is 0 Å². The van der Waals surface area contributed by atoms with Gasteiger partial charge in [0.1, 0.15) is 16.8 Å². The van der Waals surface area contributed by atoms with E-state index in [2.05, 4.69) is 114 Å². The number of aryl methyl sites for hydroxylation is 2. The topological polar surface area (TPSA) is 34.8 Å². The van der Waals surface area contributed by atoms with Crippen LogP contribution in [-0.4, -0.2) is 9.55 Å². The molecule has 0 N–H and O–H groups in total. The molecule has 1 aliphatic carbocycles. The molecule has 2 aromatic heterocycles. The van der Waals surface area contributed by atoms with Crippen molar-refractivity contribution in [2.75, 3.05) is 0 Å². The highest BCUT2D eigenvalue weighted by molar-refractivity contribution is 5.92. The smallest absolute Gasteiger partial charge is 0.299 e. The molecule has 6 aromatic rings. The fraction of sp³-hybridized carbons (Fsp3) is 0.235. The van der Waals surface area contributed by atoms with E-state index in [1.54, 1.807) is 0 Å². The molecule has 0 aliphatic heterocycles. The van der Waals surface area contributed by atoms with Gasteiger partial charge in [0.25, 0.3) is 5.82 Å². The highest BCUT2D eigenvalue weighted by Crippen LogP contribution is 2.39. The number of imidazole rings is 1. The molecule has 1 saturated carbocycles. The van der Waals surface area contributed by atoms with Gasteiger partial charge >= 0.3 is 0 Å². The van der Waals surface area contributed by atoms with Gasteiger partial charge in [-0.1, -0.05) is 79.9 Å². The van der Waals surface area contributed by atoms with Gasteiger partial charge in [-0.2, -0.15) is 4.57 Å². The van der Waals surface area contributed by atoms with Crippen molar-refractivity contribution in [3.05, 3.63) is 102 Å². The van der Waals surface area contributed by atoms with Crippen LogP contribution in [-0.2, 0) is 7.05 Å². The fourth-order valence-electron chi connectivity index (χ4n) is 6.20. The van der Waals surface area contributed by atoms with Crippen LogP contribution < -0.4 is 4.57 Å². The van der Waals surface area contributed by atoms with E-state index in [-0.39, 0.29) is 0 Å². The molecule has 1 aliphatic rings. The molecule has 4 heteroatoms. The summed E-state index contributed by atoms with van der Waals surface area (Å²) in [5.41, 5.74) is 10.0. The predicted octanol–water partition coefficient (Wildman–Crippen LogP) is 8.29. The molecule has 0 radical (unpaired) electrons. The van der Waals surface area contributed by atoms with Gasteiger partial charge in [0, 0.05) is 5.92 Å².